The SMILES string of the molecule is CCc1[nH]ncc1/C=C\C(N)=O. The molecule has 1 rings (SSSR count). The van der Waals surface area contributed by atoms with E-state index in [0.717, 1.165) is 17.7 Å². The first kappa shape index (κ1) is 8.52. The van der Waals surface area contributed by atoms with Crippen LogP contribution >= 0.6 is 0 Å². The van der Waals surface area contributed by atoms with Crippen molar-refractivity contribution in [3.63, 3.8) is 0 Å². The average molecular weight is 165 g/mol. The lowest BCUT2D eigenvalue weighted by atomic mass is 10.2. The summed E-state index contributed by atoms with van der Waals surface area (Å²) in [5.74, 6) is -0.446. The molecule has 12 heavy (non-hydrogen) atoms. The van der Waals surface area contributed by atoms with Crippen molar-refractivity contribution in [2.24, 2.45) is 5.73 Å². The minimum Gasteiger partial charge on any atom is -0.366 e. The first-order valence-corrected chi connectivity index (χ1v) is 3.73. The van der Waals surface area contributed by atoms with Crippen molar-refractivity contribution in [2.75, 3.05) is 0 Å². The molecule has 0 fully saturated rings. The maximum atomic E-state index is 10.4. The number of nitrogens with zero attached hydrogens (tertiary/aromatic N) is 1. The molecule has 0 aliphatic carbocycles. The van der Waals surface area contributed by atoms with Crippen LogP contribution in [0.15, 0.2) is 12.3 Å². The number of aryl methyl sites for hydroxylation is 1. The number of nitrogens with one attached hydrogen (secondary N) is 1. The molecule has 0 saturated carbocycles. The summed E-state index contributed by atoms with van der Waals surface area (Å²) in [6, 6.07) is 0. The van der Waals surface area contributed by atoms with Crippen molar-refractivity contribution < 1.29 is 4.79 Å². The highest BCUT2D eigenvalue weighted by Crippen LogP contribution is 2.06. The molecule has 0 saturated heterocycles. The second-order valence-electron chi connectivity index (χ2n) is 2.39. The Morgan fingerprint density at radius 2 is 2.58 bits per heavy atom. The van der Waals surface area contributed by atoms with E-state index in [1.54, 1.807) is 12.3 Å². The van der Waals surface area contributed by atoms with Gasteiger partial charge in [-0.05, 0) is 12.5 Å². The van der Waals surface area contributed by atoms with Crippen LogP contribution in [0.2, 0.25) is 0 Å². The minimum absolute atomic E-state index is 0.446. The molecule has 4 heteroatoms. The van der Waals surface area contributed by atoms with E-state index in [2.05, 4.69) is 10.2 Å². The van der Waals surface area contributed by atoms with Crippen LogP contribution < -0.4 is 5.73 Å². The van der Waals surface area contributed by atoms with E-state index >= 15 is 0 Å². The Balaban J connectivity index is 2.81. The van der Waals surface area contributed by atoms with Gasteiger partial charge in [-0.3, -0.25) is 9.89 Å². The largest absolute Gasteiger partial charge is 0.366 e. The molecule has 0 aromatic carbocycles. The number of carbonyl (C=O) groups is 1. The predicted octanol–water partition coefficient (Wildman–Crippen LogP) is 0.471. The molecule has 0 spiro atoms. The fourth-order valence-electron chi connectivity index (χ4n) is 0.921. The first-order valence-electron chi connectivity index (χ1n) is 3.73. The third-order valence-electron chi connectivity index (χ3n) is 1.53. The van der Waals surface area contributed by atoms with Crippen molar-refractivity contribution in [1.29, 1.82) is 0 Å². The van der Waals surface area contributed by atoms with Gasteiger partial charge in [0, 0.05) is 17.3 Å². The fourth-order valence-corrected chi connectivity index (χ4v) is 0.921. The van der Waals surface area contributed by atoms with Crippen LogP contribution in [0.1, 0.15) is 18.2 Å². The summed E-state index contributed by atoms with van der Waals surface area (Å²) in [6.07, 6.45) is 5.51. The maximum Gasteiger partial charge on any atom is 0.241 e. The third-order valence-corrected chi connectivity index (χ3v) is 1.53. The first-order chi connectivity index (χ1) is 5.74. The summed E-state index contributed by atoms with van der Waals surface area (Å²) in [4.78, 5) is 10.4. The Hall–Kier alpha value is -1.58. The van der Waals surface area contributed by atoms with Crippen molar-refractivity contribution in [3.05, 3.63) is 23.5 Å². The monoisotopic (exact) mass is 165 g/mol. The number of amides is 1. The fraction of sp³-hybridized carbons (Fsp3) is 0.250. The Bertz CT molecular complexity index is 301. The molecular formula is C8H11N3O. The van der Waals surface area contributed by atoms with E-state index in [0.29, 0.717) is 0 Å². The molecule has 0 atom stereocenters. The second-order valence-corrected chi connectivity index (χ2v) is 2.39. The number of hydrogen-bond acceptors (Lipinski definition) is 2. The molecule has 4 nitrogen and oxygen atoms in total. The van der Waals surface area contributed by atoms with Gasteiger partial charge < -0.3 is 5.73 Å². The number of hydrogen-bond donors (Lipinski definition) is 2. The summed E-state index contributed by atoms with van der Waals surface area (Å²) in [6.45, 7) is 2.01. The summed E-state index contributed by atoms with van der Waals surface area (Å²) < 4.78 is 0. The van der Waals surface area contributed by atoms with Gasteiger partial charge in [-0.15, -0.1) is 0 Å². The van der Waals surface area contributed by atoms with Gasteiger partial charge in [-0.25, -0.2) is 0 Å². The molecule has 1 aromatic heterocycles. The zero-order valence-corrected chi connectivity index (χ0v) is 6.87. The van der Waals surface area contributed by atoms with Crippen molar-refractivity contribution in [2.45, 2.75) is 13.3 Å². The average Bonchev–Trinajstić information content (AvgIpc) is 2.47. The zero-order valence-electron chi connectivity index (χ0n) is 6.87. The van der Waals surface area contributed by atoms with Gasteiger partial charge in [0.2, 0.25) is 5.91 Å². The molecule has 64 valence electrons. The van der Waals surface area contributed by atoms with Gasteiger partial charge in [0.1, 0.15) is 0 Å². The van der Waals surface area contributed by atoms with E-state index in [1.165, 1.54) is 6.08 Å². The maximum absolute atomic E-state index is 10.4. The molecule has 1 aromatic rings. The molecule has 1 amide bonds. The highest BCUT2D eigenvalue weighted by atomic mass is 16.1. The topological polar surface area (TPSA) is 71.8 Å². The number of H-pyrrole nitrogens is 1. The molecular weight excluding hydrogens is 154 g/mol. The van der Waals surface area contributed by atoms with E-state index in [9.17, 15) is 4.79 Å². The molecule has 3 N–H and O–H groups in total. The van der Waals surface area contributed by atoms with Crippen molar-refractivity contribution >= 4 is 12.0 Å². The van der Waals surface area contributed by atoms with Gasteiger partial charge in [0.05, 0.1) is 6.20 Å². The van der Waals surface area contributed by atoms with E-state index in [1.807, 2.05) is 6.92 Å². The van der Waals surface area contributed by atoms with Crippen LogP contribution in [0.4, 0.5) is 0 Å². The minimum atomic E-state index is -0.446. The van der Waals surface area contributed by atoms with Crippen molar-refractivity contribution in [1.82, 2.24) is 10.2 Å². The molecule has 0 aliphatic heterocycles. The lowest BCUT2D eigenvalue weighted by Gasteiger charge is -1.90. The summed E-state index contributed by atoms with van der Waals surface area (Å²) in [5, 5.41) is 6.67. The van der Waals surface area contributed by atoms with Gasteiger partial charge in [0.25, 0.3) is 0 Å². The van der Waals surface area contributed by atoms with Crippen LogP contribution in [-0.2, 0) is 11.2 Å². The molecule has 0 radical (unpaired) electrons. The van der Waals surface area contributed by atoms with Gasteiger partial charge in [0.15, 0.2) is 0 Å². The predicted molar refractivity (Wildman–Crippen MR) is 46.2 cm³/mol. The second kappa shape index (κ2) is 3.71. The molecule has 0 unspecified atom stereocenters. The number of aromatic nitrogens is 2. The Labute approximate surface area is 70.5 Å². The number of aromatic amines is 1. The third kappa shape index (κ3) is 1.95. The lowest BCUT2D eigenvalue weighted by Crippen LogP contribution is -2.05. The van der Waals surface area contributed by atoms with Crippen LogP contribution in [0.5, 0.6) is 0 Å². The highest BCUT2D eigenvalue weighted by Gasteiger charge is 1.97. The summed E-state index contributed by atoms with van der Waals surface area (Å²) >= 11 is 0. The number of rotatable bonds is 3. The standard InChI is InChI=1S/C8H11N3O/c1-2-7-6(5-10-11-7)3-4-8(9)12/h3-5H,2H2,1H3,(H2,9,12)(H,10,11)/b4-3-. The molecule has 0 aliphatic rings. The number of carbonyl (C=O) groups excluding carboxylic acids is 1. The Morgan fingerprint density at radius 1 is 1.83 bits per heavy atom. The number of nitrogens with two attached hydrogens (primary N) is 1. The summed E-state index contributed by atoms with van der Waals surface area (Å²) in [5.41, 5.74) is 6.86. The van der Waals surface area contributed by atoms with Gasteiger partial charge >= 0.3 is 0 Å². The van der Waals surface area contributed by atoms with Gasteiger partial charge in [-0.1, -0.05) is 6.92 Å². The van der Waals surface area contributed by atoms with E-state index < -0.39 is 5.91 Å². The van der Waals surface area contributed by atoms with Crippen molar-refractivity contribution in [3.8, 4) is 0 Å². The Morgan fingerprint density at radius 3 is 3.17 bits per heavy atom. The molecule has 0 bridgehead atoms. The number of primary amides is 1. The van der Waals surface area contributed by atoms with Gasteiger partial charge in [-0.2, -0.15) is 5.10 Å². The smallest absolute Gasteiger partial charge is 0.241 e. The van der Waals surface area contributed by atoms with Crippen LogP contribution in [-0.4, -0.2) is 16.1 Å². The van der Waals surface area contributed by atoms with E-state index in [4.69, 9.17) is 5.73 Å². The van der Waals surface area contributed by atoms with Crippen LogP contribution in [0, 0.1) is 0 Å². The molecule has 1 heterocycles. The summed E-state index contributed by atoms with van der Waals surface area (Å²) in [7, 11) is 0. The van der Waals surface area contributed by atoms with Crippen LogP contribution in [0.25, 0.3) is 6.08 Å². The highest BCUT2D eigenvalue weighted by molar-refractivity contribution is 5.90. The quantitative estimate of drug-likeness (QED) is 0.639. The zero-order chi connectivity index (χ0) is 8.97. The Kier molecular flexibility index (Phi) is 2.63. The van der Waals surface area contributed by atoms with Crippen LogP contribution in [0.3, 0.4) is 0 Å². The lowest BCUT2D eigenvalue weighted by molar-refractivity contribution is -0.113. The normalized spacial score (nSPS) is 10.8. The van der Waals surface area contributed by atoms with E-state index in [-0.39, 0.29) is 0 Å².